The molecule has 0 fully saturated rings. The van der Waals surface area contributed by atoms with Crippen LogP contribution in [0.1, 0.15) is 33.8 Å². The molecule has 1 atom stereocenters. The van der Waals surface area contributed by atoms with E-state index in [0.717, 1.165) is 5.76 Å². The van der Waals surface area contributed by atoms with Crippen molar-refractivity contribution < 1.29 is 14.3 Å². The van der Waals surface area contributed by atoms with Crippen LogP contribution in [0.5, 0.6) is 0 Å². The predicted octanol–water partition coefficient (Wildman–Crippen LogP) is 2.01. The van der Waals surface area contributed by atoms with Gasteiger partial charge in [0, 0.05) is 6.20 Å². The number of aromatic nitrogens is 2. The Kier molecular flexibility index (Phi) is 3.68. The smallest absolute Gasteiger partial charge is 0.270 e. The van der Waals surface area contributed by atoms with E-state index in [2.05, 4.69) is 10.3 Å². The average molecular weight is 299 g/mol. The van der Waals surface area contributed by atoms with Crippen molar-refractivity contribution in [3.63, 3.8) is 0 Å². The van der Waals surface area contributed by atoms with Gasteiger partial charge in [-0.1, -0.05) is 6.07 Å². The number of hydrogen-bond donors (Lipinski definition) is 2. The number of carbonyl (C=O) groups excluding carboxylic acids is 1. The van der Waals surface area contributed by atoms with Crippen LogP contribution >= 0.6 is 0 Å². The summed E-state index contributed by atoms with van der Waals surface area (Å²) in [7, 11) is 0. The molecular formula is C16H17N3O3. The predicted molar refractivity (Wildman–Crippen MR) is 80.7 cm³/mol. The summed E-state index contributed by atoms with van der Waals surface area (Å²) in [5.41, 5.74) is 1.83. The summed E-state index contributed by atoms with van der Waals surface area (Å²) in [6, 6.07) is 9.02. The second kappa shape index (κ2) is 5.65. The van der Waals surface area contributed by atoms with Crippen molar-refractivity contribution in [1.82, 2.24) is 14.7 Å². The maximum absolute atomic E-state index is 12.4. The maximum Gasteiger partial charge on any atom is 0.270 e. The van der Waals surface area contributed by atoms with Gasteiger partial charge in [0.2, 0.25) is 0 Å². The summed E-state index contributed by atoms with van der Waals surface area (Å²) in [6.07, 6.45) is 0.911. The van der Waals surface area contributed by atoms with Gasteiger partial charge in [0.25, 0.3) is 5.91 Å². The molecule has 1 amide bonds. The highest BCUT2D eigenvalue weighted by atomic mass is 16.4. The first-order valence-electron chi connectivity index (χ1n) is 7.02. The Morgan fingerprint density at radius 1 is 1.36 bits per heavy atom. The van der Waals surface area contributed by atoms with Gasteiger partial charge in [-0.2, -0.15) is 0 Å². The lowest BCUT2D eigenvalue weighted by Crippen LogP contribution is -2.29. The third kappa shape index (κ3) is 2.60. The van der Waals surface area contributed by atoms with Gasteiger partial charge in [-0.15, -0.1) is 0 Å². The minimum Gasteiger partial charge on any atom is -0.464 e. The average Bonchev–Trinajstić information content (AvgIpc) is 3.07. The number of aliphatic hydroxyl groups is 1. The summed E-state index contributed by atoms with van der Waals surface area (Å²) < 4.78 is 7.07. The molecule has 0 aliphatic carbocycles. The topological polar surface area (TPSA) is 79.8 Å². The molecule has 0 aromatic carbocycles. The molecule has 6 nitrogen and oxygen atoms in total. The molecule has 0 bridgehead atoms. The van der Waals surface area contributed by atoms with Crippen LogP contribution in [0.25, 0.3) is 5.65 Å². The molecule has 3 aromatic heterocycles. The number of carbonyl (C=O) groups is 1. The molecule has 0 aliphatic rings. The van der Waals surface area contributed by atoms with E-state index in [1.54, 1.807) is 36.6 Å². The zero-order chi connectivity index (χ0) is 15.7. The van der Waals surface area contributed by atoms with Crippen LogP contribution in [0, 0.1) is 13.8 Å². The second-order valence-corrected chi connectivity index (χ2v) is 5.15. The quantitative estimate of drug-likeness (QED) is 0.772. The maximum atomic E-state index is 12.4. The summed E-state index contributed by atoms with van der Waals surface area (Å²) in [4.78, 5) is 16.7. The molecule has 3 aromatic rings. The number of nitrogens with zero attached hydrogens (tertiary/aromatic N) is 2. The molecule has 0 saturated heterocycles. The van der Waals surface area contributed by atoms with Crippen molar-refractivity contribution in [1.29, 1.82) is 0 Å². The van der Waals surface area contributed by atoms with E-state index in [1.165, 1.54) is 0 Å². The fraction of sp³-hybridized carbons (Fsp3) is 0.250. The van der Waals surface area contributed by atoms with Gasteiger partial charge in [-0.3, -0.25) is 9.20 Å². The third-order valence-corrected chi connectivity index (χ3v) is 3.46. The number of aliphatic hydroxyl groups excluding tert-OH is 1. The first kappa shape index (κ1) is 14.3. The normalized spacial score (nSPS) is 12.5. The van der Waals surface area contributed by atoms with Crippen molar-refractivity contribution in [2.24, 2.45) is 0 Å². The van der Waals surface area contributed by atoms with Gasteiger partial charge in [-0.25, -0.2) is 4.98 Å². The first-order valence-corrected chi connectivity index (χ1v) is 7.02. The van der Waals surface area contributed by atoms with E-state index in [-0.39, 0.29) is 12.5 Å². The Labute approximate surface area is 127 Å². The van der Waals surface area contributed by atoms with Crippen molar-refractivity contribution >= 4 is 11.6 Å². The summed E-state index contributed by atoms with van der Waals surface area (Å²) in [5, 5.41) is 12.7. The minimum atomic E-state index is -0.878. The Balaban J connectivity index is 1.75. The van der Waals surface area contributed by atoms with Crippen LogP contribution in [0.4, 0.5) is 0 Å². The second-order valence-electron chi connectivity index (χ2n) is 5.15. The number of hydrogen-bond acceptors (Lipinski definition) is 4. The molecular weight excluding hydrogens is 282 g/mol. The standard InChI is InChI=1S/C16H17N3O3/c1-10-6-7-13(22-10)12(20)9-17-16(21)15-11(2)18-14-5-3-4-8-19(14)15/h3-8,12,20H,9H2,1-2H3,(H,17,21). The van der Waals surface area contributed by atoms with Gasteiger partial charge < -0.3 is 14.8 Å². The van der Waals surface area contributed by atoms with Crippen molar-refractivity contribution in [2.45, 2.75) is 20.0 Å². The Morgan fingerprint density at radius 3 is 2.91 bits per heavy atom. The van der Waals surface area contributed by atoms with Gasteiger partial charge in [-0.05, 0) is 38.1 Å². The van der Waals surface area contributed by atoms with Crippen molar-refractivity contribution in [2.75, 3.05) is 6.54 Å². The molecule has 0 spiro atoms. The van der Waals surface area contributed by atoms with Gasteiger partial charge >= 0.3 is 0 Å². The van der Waals surface area contributed by atoms with Gasteiger partial charge in [0.1, 0.15) is 29.0 Å². The summed E-state index contributed by atoms with van der Waals surface area (Å²) in [6.45, 7) is 3.66. The number of imidazole rings is 1. The molecule has 0 radical (unpaired) electrons. The Hall–Kier alpha value is -2.60. The zero-order valence-electron chi connectivity index (χ0n) is 12.4. The lowest BCUT2D eigenvalue weighted by molar-refractivity contribution is 0.0894. The van der Waals surface area contributed by atoms with E-state index in [1.807, 2.05) is 18.2 Å². The van der Waals surface area contributed by atoms with E-state index < -0.39 is 6.10 Å². The highest BCUT2D eigenvalue weighted by Crippen LogP contribution is 2.16. The van der Waals surface area contributed by atoms with Crippen molar-refractivity contribution in [3.05, 3.63) is 59.4 Å². The number of nitrogens with one attached hydrogen (secondary N) is 1. The van der Waals surface area contributed by atoms with E-state index >= 15 is 0 Å². The molecule has 1 unspecified atom stereocenters. The summed E-state index contributed by atoms with van der Waals surface area (Å²) in [5.74, 6) is 0.879. The van der Waals surface area contributed by atoms with Crippen LogP contribution < -0.4 is 5.32 Å². The van der Waals surface area contributed by atoms with E-state index in [9.17, 15) is 9.90 Å². The first-order chi connectivity index (χ1) is 10.6. The lowest BCUT2D eigenvalue weighted by atomic mass is 10.2. The Bertz CT molecular complexity index is 819. The highest BCUT2D eigenvalue weighted by molar-refractivity contribution is 5.94. The Morgan fingerprint density at radius 2 is 2.18 bits per heavy atom. The minimum absolute atomic E-state index is 0.0747. The monoisotopic (exact) mass is 299 g/mol. The van der Waals surface area contributed by atoms with Gasteiger partial charge in [0.15, 0.2) is 0 Å². The van der Waals surface area contributed by atoms with Crippen LogP contribution in [-0.4, -0.2) is 26.9 Å². The molecule has 114 valence electrons. The molecule has 2 N–H and O–H groups in total. The number of amides is 1. The molecule has 6 heteroatoms. The van der Waals surface area contributed by atoms with E-state index in [4.69, 9.17) is 4.42 Å². The zero-order valence-corrected chi connectivity index (χ0v) is 12.4. The molecule has 0 aliphatic heterocycles. The molecule has 3 rings (SSSR count). The lowest BCUT2D eigenvalue weighted by Gasteiger charge is -2.10. The third-order valence-electron chi connectivity index (χ3n) is 3.46. The van der Waals surface area contributed by atoms with Gasteiger partial charge in [0.05, 0.1) is 12.2 Å². The number of aryl methyl sites for hydroxylation is 2. The van der Waals surface area contributed by atoms with Crippen LogP contribution in [0.3, 0.4) is 0 Å². The number of furan rings is 1. The van der Waals surface area contributed by atoms with Crippen LogP contribution in [0.2, 0.25) is 0 Å². The fourth-order valence-corrected chi connectivity index (χ4v) is 2.39. The highest BCUT2D eigenvalue weighted by Gasteiger charge is 2.18. The fourth-order valence-electron chi connectivity index (χ4n) is 2.39. The summed E-state index contributed by atoms with van der Waals surface area (Å²) >= 11 is 0. The van der Waals surface area contributed by atoms with Crippen LogP contribution in [-0.2, 0) is 0 Å². The molecule has 22 heavy (non-hydrogen) atoms. The number of rotatable bonds is 4. The molecule has 0 saturated carbocycles. The number of fused-ring (bicyclic) bond motifs is 1. The van der Waals surface area contributed by atoms with Crippen LogP contribution in [0.15, 0.2) is 40.9 Å². The SMILES string of the molecule is Cc1ccc(C(O)CNC(=O)c2c(C)nc3ccccn23)o1. The largest absolute Gasteiger partial charge is 0.464 e. The van der Waals surface area contributed by atoms with E-state index in [0.29, 0.717) is 22.8 Å². The molecule has 3 heterocycles. The number of pyridine rings is 1. The van der Waals surface area contributed by atoms with Crippen molar-refractivity contribution in [3.8, 4) is 0 Å².